The Labute approximate surface area is 145 Å². The first-order chi connectivity index (χ1) is 11.3. The van der Waals surface area contributed by atoms with Crippen molar-refractivity contribution in [2.45, 2.75) is 59.7 Å². The summed E-state index contributed by atoms with van der Waals surface area (Å²) in [6, 6.07) is 0. The van der Waals surface area contributed by atoms with E-state index in [1.807, 2.05) is 0 Å². The summed E-state index contributed by atoms with van der Waals surface area (Å²) in [6.45, 7) is -1.13. The monoisotopic (exact) mass is 390 g/mol. The second-order valence-corrected chi connectivity index (χ2v) is 8.06. The van der Waals surface area contributed by atoms with E-state index in [0.717, 1.165) is 21.6 Å². The first kappa shape index (κ1) is 20.6. The average Bonchev–Trinajstić information content (AvgIpc) is 2.58. The van der Waals surface area contributed by atoms with Gasteiger partial charge in [-0.1, -0.05) is 21.6 Å². The van der Waals surface area contributed by atoms with Crippen LogP contribution in [-0.2, 0) is 9.47 Å². The van der Waals surface area contributed by atoms with Crippen molar-refractivity contribution in [2.24, 2.45) is 0 Å². The first-order valence-electron chi connectivity index (χ1n) is 7.25. The number of ether oxygens (including phenoxy) is 2. The van der Waals surface area contributed by atoms with Gasteiger partial charge in [-0.2, -0.15) is 0 Å². The Morgan fingerprint density at radius 2 is 0.875 bits per heavy atom. The van der Waals surface area contributed by atoms with Gasteiger partial charge in [0, 0.05) is 0 Å². The highest BCUT2D eigenvalue weighted by molar-refractivity contribution is 8.77. The van der Waals surface area contributed by atoms with Gasteiger partial charge in [0.1, 0.15) is 59.7 Å². The number of hydrogen-bond donors (Lipinski definition) is 8. The zero-order valence-electron chi connectivity index (χ0n) is 12.4. The van der Waals surface area contributed by atoms with Crippen LogP contribution in [0.4, 0.5) is 0 Å². The molecule has 2 aliphatic heterocycles. The molecule has 2 fully saturated rings. The van der Waals surface area contributed by atoms with Gasteiger partial charge in [-0.05, 0) is 0 Å². The summed E-state index contributed by atoms with van der Waals surface area (Å²) in [5, 5.41) is 76.9. The quantitative estimate of drug-likeness (QED) is 0.213. The van der Waals surface area contributed by atoms with Gasteiger partial charge < -0.3 is 50.3 Å². The molecule has 0 radical (unpaired) electrons. The molecule has 0 aromatic carbocycles. The van der Waals surface area contributed by atoms with Crippen molar-refractivity contribution < 1.29 is 50.3 Å². The van der Waals surface area contributed by atoms with Crippen LogP contribution in [0, 0.1) is 0 Å². The molecule has 0 unspecified atom stereocenters. The third kappa shape index (κ3) is 4.16. The van der Waals surface area contributed by atoms with E-state index in [4.69, 9.17) is 19.7 Å². The fourth-order valence-corrected chi connectivity index (χ4v) is 5.16. The Bertz CT molecular complexity index is 364. The molecule has 0 aliphatic carbocycles. The van der Waals surface area contributed by atoms with Crippen molar-refractivity contribution in [1.29, 1.82) is 0 Å². The maximum absolute atomic E-state index is 9.93. The average molecular weight is 390 g/mol. The van der Waals surface area contributed by atoms with E-state index in [0.29, 0.717) is 0 Å². The summed E-state index contributed by atoms with van der Waals surface area (Å²) >= 11 is 0. The van der Waals surface area contributed by atoms with E-state index in [-0.39, 0.29) is 0 Å². The van der Waals surface area contributed by atoms with Gasteiger partial charge in [-0.25, -0.2) is 0 Å². The minimum Gasteiger partial charge on any atom is -0.394 e. The second kappa shape index (κ2) is 8.79. The van der Waals surface area contributed by atoms with Gasteiger partial charge >= 0.3 is 0 Å². The summed E-state index contributed by atoms with van der Waals surface area (Å²) in [5.41, 5.74) is -2.09. The normalized spacial score (nSPS) is 50.0. The molecular weight excluding hydrogens is 368 g/mol. The van der Waals surface area contributed by atoms with Crippen LogP contribution in [0.5, 0.6) is 0 Å². The van der Waals surface area contributed by atoms with Crippen molar-refractivity contribution in [3.05, 3.63) is 0 Å². The molecule has 2 rings (SSSR count). The van der Waals surface area contributed by atoms with Gasteiger partial charge in [0.2, 0.25) is 0 Å². The Kier molecular flexibility index (Phi) is 7.55. The summed E-state index contributed by atoms with van der Waals surface area (Å²) in [7, 11) is 1.72. The van der Waals surface area contributed by atoms with Crippen molar-refractivity contribution in [1.82, 2.24) is 0 Å². The standard InChI is InChI=1S/C12H22O10S2/c13-1-3-5(15)7(17)9(19)11(21-3)23-24-12-10(20)8(18)6(16)4(2-14)22-12/h3-20H,1-2H2/t3-,4-,5-,6-,7+,8+,9-,10+,11+,12+/m1/s1. The summed E-state index contributed by atoms with van der Waals surface area (Å²) in [4.78, 5) is 0. The smallest absolute Gasteiger partial charge is 0.142 e. The third-order valence-electron chi connectivity index (χ3n) is 3.94. The predicted octanol–water partition coefficient (Wildman–Crippen LogP) is -4.03. The molecule has 142 valence electrons. The zero-order valence-corrected chi connectivity index (χ0v) is 14.0. The van der Waals surface area contributed by atoms with Crippen molar-refractivity contribution in [3.63, 3.8) is 0 Å². The topological polar surface area (TPSA) is 180 Å². The van der Waals surface area contributed by atoms with E-state index in [1.165, 1.54) is 0 Å². The highest BCUT2D eigenvalue weighted by atomic mass is 33.1. The molecule has 8 N–H and O–H groups in total. The summed E-state index contributed by atoms with van der Waals surface area (Å²) in [5.74, 6) is 0. The van der Waals surface area contributed by atoms with E-state index < -0.39 is 72.9 Å². The molecule has 0 saturated carbocycles. The van der Waals surface area contributed by atoms with Crippen molar-refractivity contribution in [2.75, 3.05) is 13.2 Å². The SMILES string of the molecule is OC[C@H]1O[C@@H](SS[C@@H]2O[C@H](CO)[C@@H](O)[C@H](O)[C@@H]2O)[C@H](O)[C@@H](O)[C@@H]1O. The molecule has 12 heteroatoms. The van der Waals surface area contributed by atoms with Gasteiger partial charge in [0.15, 0.2) is 0 Å². The lowest BCUT2D eigenvalue weighted by Gasteiger charge is -2.42. The van der Waals surface area contributed by atoms with Gasteiger partial charge in [-0.15, -0.1) is 0 Å². The zero-order chi connectivity index (χ0) is 18.0. The molecule has 10 nitrogen and oxygen atoms in total. The number of rotatable bonds is 5. The van der Waals surface area contributed by atoms with E-state index in [9.17, 15) is 30.6 Å². The van der Waals surface area contributed by atoms with Crippen LogP contribution >= 0.6 is 21.6 Å². The molecule has 0 amide bonds. The maximum Gasteiger partial charge on any atom is 0.142 e. The molecule has 0 spiro atoms. The predicted molar refractivity (Wildman–Crippen MR) is 82.7 cm³/mol. The van der Waals surface area contributed by atoms with E-state index in [2.05, 4.69) is 0 Å². The number of aliphatic hydroxyl groups is 8. The molecule has 0 aromatic rings. The molecule has 10 atom stereocenters. The number of hydrogen-bond acceptors (Lipinski definition) is 12. The molecule has 2 heterocycles. The fraction of sp³-hybridized carbons (Fsp3) is 1.00. The Morgan fingerprint density at radius 3 is 1.17 bits per heavy atom. The number of aliphatic hydroxyl groups excluding tert-OH is 8. The Morgan fingerprint density at radius 1 is 0.542 bits per heavy atom. The summed E-state index contributed by atoms with van der Waals surface area (Å²) in [6.07, 6.45) is -11.0. The summed E-state index contributed by atoms with van der Waals surface area (Å²) < 4.78 is 10.6. The highest BCUT2D eigenvalue weighted by Gasteiger charge is 2.47. The van der Waals surface area contributed by atoms with Crippen molar-refractivity contribution in [3.8, 4) is 0 Å². The van der Waals surface area contributed by atoms with Gasteiger partial charge in [0.25, 0.3) is 0 Å². The van der Waals surface area contributed by atoms with Crippen LogP contribution in [0.2, 0.25) is 0 Å². The minimum atomic E-state index is -1.52. The van der Waals surface area contributed by atoms with Crippen LogP contribution in [0.25, 0.3) is 0 Å². The third-order valence-corrected chi connectivity index (χ3v) is 6.68. The Balaban J connectivity index is 1.96. The fourth-order valence-electron chi connectivity index (χ4n) is 2.40. The molecule has 2 saturated heterocycles. The lowest BCUT2D eigenvalue weighted by atomic mass is 10.0. The highest BCUT2D eigenvalue weighted by Crippen LogP contribution is 2.41. The van der Waals surface area contributed by atoms with Crippen LogP contribution in [0.15, 0.2) is 0 Å². The lowest BCUT2D eigenvalue weighted by molar-refractivity contribution is -0.206. The van der Waals surface area contributed by atoms with Gasteiger partial charge in [0.05, 0.1) is 13.2 Å². The molecule has 0 aromatic heterocycles. The van der Waals surface area contributed by atoms with Gasteiger partial charge in [-0.3, -0.25) is 0 Å². The lowest BCUT2D eigenvalue weighted by Crippen LogP contribution is -2.58. The maximum atomic E-state index is 9.93. The second-order valence-electron chi connectivity index (χ2n) is 5.59. The van der Waals surface area contributed by atoms with E-state index >= 15 is 0 Å². The first-order valence-corrected chi connectivity index (χ1v) is 9.52. The van der Waals surface area contributed by atoms with Crippen LogP contribution in [-0.4, -0.2) is 114 Å². The molecule has 24 heavy (non-hydrogen) atoms. The molecule has 2 aliphatic rings. The van der Waals surface area contributed by atoms with Crippen molar-refractivity contribution >= 4 is 21.6 Å². The Hall–Kier alpha value is 0.300. The molecular formula is C12H22O10S2. The largest absolute Gasteiger partial charge is 0.394 e. The molecule has 0 bridgehead atoms. The van der Waals surface area contributed by atoms with Crippen LogP contribution in [0.1, 0.15) is 0 Å². The van der Waals surface area contributed by atoms with E-state index in [1.54, 1.807) is 0 Å². The van der Waals surface area contributed by atoms with Crippen LogP contribution in [0.3, 0.4) is 0 Å². The minimum absolute atomic E-state index is 0.563. The van der Waals surface area contributed by atoms with Crippen LogP contribution < -0.4 is 0 Å².